The highest BCUT2D eigenvalue weighted by molar-refractivity contribution is 5.89. The molecule has 0 spiro atoms. The number of hydrogen-bond acceptors (Lipinski definition) is 3. The Bertz CT molecular complexity index is 850. The molecule has 0 aliphatic carbocycles. The first-order valence-corrected chi connectivity index (χ1v) is 7.63. The highest BCUT2D eigenvalue weighted by Gasteiger charge is 2.11. The molecule has 0 radical (unpaired) electrons. The van der Waals surface area contributed by atoms with Gasteiger partial charge in [0.1, 0.15) is 0 Å². The number of amides is 2. The molecular weight excluding hydrogens is 304 g/mol. The predicted molar refractivity (Wildman–Crippen MR) is 92.0 cm³/mol. The minimum atomic E-state index is -0.173. The van der Waals surface area contributed by atoms with Gasteiger partial charge in [-0.1, -0.05) is 6.07 Å². The molecule has 1 N–H and O–H groups in total. The summed E-state index contributed by atoms with van der Waals surface area (Å²) in [6.45, 7) is 2.48. The lowest BCUT2D eigenvalue weighted by atomic mass is 10.2. The first kappa shape index (κ1) is 15.8. The van der Waals surface area contributed by atoms with Crippen LogP contribution in [0.5, 0.6) is 0 Å². The Morgan fingerprint density at radius 1 is 1.29 bits per heavy atom. The van der Waals surface area contributed by atoms with Gasteiger partial charge in [0.2, 0.25) is 0 Å². The quantitative estimate of drug-likeness (QED) is 0.802. The average molecular weight is 324 g/mol. The number of benzene rings is 1. The van der Waals surface area contributed by atoms with E-state index in [0.29, 0.717) is 6.54 Å². The summed E-state index contributed by atoms with van der Waals surface area (Å²) < 4.78 is 3.55. The van der Waals surface area contributed by atoms with Crippen LogP contribution in [0.15, 0.2) is 48.9 Å². The molecule has 0 fully saturated rings. The first-order chi connectivity index (χ1) is 11.5. The molecule has 24 heavy (non-hydrogen) atoms. The molecule has 0 saturated carbocycles. The van der Waals surface area contributed by atoms with Crippen molar-refractivity contribution >= 4 is 11.7 Å². The Hall–Kier alpha value is -3.09. The van der Waals surface area contributed by atoms with Gasteiger partial charge in [0.15, 0.2) is 0 Å². The van der Waals surface area contributed by atoms with Gasteiger partial charge in [-0.15, -0.1) is 0 Å². The summed E-state index contributed by atoms with van der Waals surface area (Å²) in [7, 11) is 3.61. The van der Waals surface area contributed by atoms with Crippen LogP contribution in [0, 0.1) is 6.92 Å². The SMILES string of the molecule is Cc1ccnn1-c1cccc(NC(=O)N(C)Cc2cnn(C)c2)c1. The molecule has 3 rings (SSSR count). The van der Waals surface area contributed by atoms with E-state index in [9.17, 15) is 4.79 Å². The van der Waals surface area contributed by atoms with Crippen molar-refractivity contribution in [3.63, 3.8) is 0 Å². The zero-order valence-corrected chi connectivity index (χ0v) is 14.0. The first-order valence-electron chi connectivity index (χ1n) is 7.63. The zero-order valence-electron chi connectivity index (χ0n) is 14.0. The van der Waals surface area contributed by atoms with Crippen molar-refractivity contribution in [1.82, 2.24) is 24.5 Å². The molecule has 2 amide bonds. The Kier molecular flexibility index (Phi) is 4.33. The molecule has 0 saturated heterocycles. The smallest absolute Gasteiger partial charge is 0.321 e. The van der Waals surface area contributed by atoms with Crippen LogP contribution in [0.25, 0.3) is 5.69 Å². The lowest BCUT2D eigenvalue weighted by Gasteiger charge is -2.17. The van der Waals surface area contributed by atoms with Crippen molar-refractivity contribution in [3.05, 3.63) is 60.2 Å². The number of carbonyl (C=O) groups excluding carboxylic acids is 1. The molecule has 0 unspecified atom stereocenters. The van der Waals surface area contributed by atoms with Crippen LogP contribution in [-0.2, 0) is 13.6 Å². The Balaban J connectivity index is 1.69. The Morgan fingerprint density at radius 3 is 2.79 bits per heavy atom. The van der Waals surface area contributed by atoms with Crippen LogP contribution < -0.4 is 5.32 Å². The summed E-state index contributed by atoms with van der Waals surface area (Å²) in [6, 6.07) is 9.37. The topological polar surface area (TPSA) is 68.0 Å². The fraction of sp³-hybridized carbons (Fsp3) is 0.235. The van der Waals surface area contributed by atoms with Crippen molar-refractivity contribution in [1.29, 1.82) is 0 Å². The summed E-state index contributed by atoms with van der Waals surface area (Å²) in [5.74, 6) is 0. The summed E-state index contributed by atoms with van der Waals surface area (Å²) in [5, 5.41) is 11.3. The fourth-order valence-corrected chi connectivity index (χ4v) is 2.47. The van der Waals surface area contributed by atoms with Gasteiger partial charge in [0.05, 0.1) is 18.4 Å². The van der Waals surface area contributed by atoms with E-state index in [2.05, 4.69) is 15.5 Å². The van der Waals surface area contributed by atoms with Gasteiger partial charge in [0, 0.05) is 43.4 Å². The molecule has 0 aliphatic rings. The predicted octanol–water partition coefficient (Wildman–Crippen LogP) is 2.58. The highest BCUT2D eigenvalue weighted by atomic mass is 16.2. The third kappa shape index (κ3) is 3.45. The van der Waals surface area contributed by atoms with Crippen LogP contribution in [0.1, 0.15) is 11.3 Å². The molecule has 2 aromatic heterocycles. The molecule has 3 aromatic rings. The third-order valence-electron chi connectivity index (χ3n) is 3.70. The molecule has 1 aromatic carbocycles. The van der Waals surface area contributed by atoms with E-state index in [1.807, 2.05) is 55.2 Å². The minimum Gasteiger partial charge on any atom is -0.323 e. The van der Waals surface area contributed by atoms with E-state index in [4.69, 9.17) is 0 Å². The van der Waals surface area contributed by atoms with E-state index in [-0.39, 0.29) is 6.03 Å². The van der Waals surface area contributed by atoms with Gasteiger partial charge in [-0.3, -0.25) is 4.68 Å². The number of rotatable bonds is 4. The molecule has 7 heteroatoms. The maximum Gasteiger partial charge on any atom is 0.321 e. The highest BCUT2D eigenvalue weighted by Crippen LogP contribution is 2.16. The Morgan fingerprint density at radius 2 is 2.12 bits per heavy atom. The van der Waals surface area contributed by atoms with Gasteiger partial charge in [-0.05, 0) is 31.2 Å². The van der Waals surface area contributed by atoms with Crippen LogP contribution in [0.2, 0.25) is 0 Å². The maximum absolute atomic E-state index is 12.4. The van der Waals surface area contributed by atoms with Crippen molar-refractivity contribution < 1.29 is 4.79 Å². The van der Waals surface area contributed by atoms with Crippen molar-refractivity contribution in [2.24, 2.45) is 7.05 Å². The van der Waals surface area contributed by atoms with E-state index in [0.717, 1.165) is 22.6 Å². The molecular formula is C17H20N6O. The fourth-order valence-electron chi connectivity index (χ4n) is 2.47. The van der Waals surface area contributed by atoms with Crippen molar-refractivity contribution in [2.75, 3.05) is 12.4 Å². The van der Waals surface area contributed by atoms with E-state index < -0.39 is 0 Å². The van der Waals surface area contributed by atoms with Gasteiger partial charge >= 0.3 is 6.03 Å². The molecule has 0 bridgehead atoms. The van der Waals surface area contributed by atoms with Gasteiger partial charge in [0.25, 0.3) is 0 Å². The number of carbonyl (C=O) groups is 1. The minimum absolute atomic E-state index is 0.173. The summed E-state index contributed by atoms with van der Waals surface area (Å²) in [4.78, 5) is 14.0. The molecule has 0 aliphatic heterocycles. The number of aryl methyl sites for hydroxylation is 2. The lowest BCUT2D eigenvalue weighted by Crippen LogP contribution is -2.30. The summed E-state index contributed by atoms with van der Waals surface area (Å²) >= 11 is 0. The van der Waals surface area contributed by atoms with Gasteiger partial charge in [-0.2, -0.15) is 10.2 Å². The summed E-state index contributed by atoms with van der Waals surface area (Å²) in [6.07, 6.45) is 5.40. The number of aromatic nitrogens is 4. The number of nitrogens with one attached hydrogen (secondary N) is 1. The van der Waals surface area contributed by atoms with Crippen LogP contribution in [0.4, 0.5) is 10.5 Å². The van der Waals surface area contributed by atoms with Crippen molar-refractivity contribution in [2.45, 2.75) is 13.5 Å². The zero-order chi connectivity index (χ0) is 17.1. The van der Waals surface area contributed by atoms with E-state index in [1.54, 1.807) is 29.0 Å². The van der Waals surface area contributed by atoms with Crippen LogP contribution >= 0.6 is 0 Å². The Labute approximate surface area is 140 Å². The molecule has 124 valence electrons. The molecule has 0 atom stereocenters. The van der Waals surface area contributed by atoms with E-state index >= 15 is 0 Å². The number of hydrogen-bond donors (Lipinski definition) is 1. The standard InChI is InChI=1S/C17H20N6O/c1-13-7-8-18-23(13)16-6-4-5-15(9-16)20-17(24)21(2)11-14-10-19-22(3)12-14/h4-10,12H,11H2,1-3H3,(H,20,24). The van der Waals surface area contributed by atoms with Crippen molar-refractivity contribution in [3.8, 4) is 5.69 Å². The van der Waals surface area contributed by atoms with Gasteiger partial charge in [-0.25, -0.2) is 9.48 Å². The monoisotopic (exact) mass is 324 g/mol. The normalized spacial score (nSPS) is 10.6. The number of nitrogens with zero attached hydrogens (tertiary/aromatic N) is 5. The second-order valence-electron chi connectivity index (χ2n) is 5.74. The lowest BCUT2D eigenvalue weighted by molar-refractivity contribution is 0.220. The number of urea groups is 1. The number of anilines is 1. The average Bonchev–Trinajstić information content (AvgIpc) is 3.16. The third-order valence-corrected chi connectivity index (χ3v) is 3.70. The molecule has 7 nitrogen and oxygen atoms in total. The second-order valence-corrected chi connectivity index (χ2v) is 5.74. The van der Waals surface area contributed by atoms with Crippen LogP contribution in [-0.4, -0.2) is 37.5 Å². The summed E-state index contributed by atoms with van der Waals surface area (Å²) in [5.41, 5.74) is 3.65. The second kappa shape index (κ2) is 6.57. The van der Waals surface area contributed by atoms with Crippen LogP contribution in [0.3, 0.4) is 0 Å². The molecule has 2 heterocycles. The maximum atomic E-state index is 12.4. The largest absolute Gasteiger partial charge is 0.323 e. The van der Waals surface area contributed by atoms with E-state index in [1.165, 1.54) is 0 Å². The van der Waals surface area contributed by atoms with Gasteiger partial charge < -0.3 is 10.2 Å².